The van der Waals surface area contributed by atoms with Crippen LogP contribution in [0.25, 0.3) is 10.9 Å². The van der Waals surface area contributed by atoms with E-state index in [1.54, 1.807) is 25.1 Å². The molecule has 1 heterocycles. The van der Waals surface area contributed by atoms with Crippen LogP contribution in [0.15, 0.2) is 18.2 Å². The molecule has 1 aromatic heterocycles. The lowest BCUT2D eigenvalue weighted by Gasteiger charge is -2.14. The normalized spacial score (nSPS) is 14.2. The predicted molar refractivity (Wildman–Crippen MR) is 83.0 cm³/mol. The van der Waals surface area contributed by atoms with Crippen molar-refractivity contribution in [3.8, 4) is 5.88 Å². The van der Waals surface area contributed by atoms with Crippen LogP contribution in [0.2, 0.25) is 10.0 Å². The van der Waals surface area contributed by atoms with E-state index in [2.05, 4.69) is 4.98 Å². The van der Waals surface area contributed by atoms with Gasteiger partial charge in [-0.15, -0.1) is 0 Å². The van der Waals surface area contributed by atoms with Crippen molar-refractivity contribution < 1.29 is 13.8 Å². The molecule has 0 saturated carbocycles. The largest absolute Gasteiger partial charge is 0.480 e. The Labute approximate surface area is 131 Å². The Balaban J connectivity index is 2.75. The highest BCUT2D eigenvalue weighted by atomic mass is 35.7. The Morgan fingerprint density at radius 3 is 2.60 bits per heavy atom. The summed E-state index contributed by atoms with van der Waals surface area (Å²) in [6.07, 6.45) is 0. The lowest BCUT2D eigenvalue weighted by Crippen LogP contribution is -2.10. The van der Waals surface area contributed by atoms with E-state index in [0.717, 1.165) is 0 Å². The number of rotatable bonds is 4. The van der Waals surface area contributed by atoms with Gasteiger partial charge in [0.15, 0.2) is 0 Å². The molecule has 0 aliphatic heterocycles. The molecule has 1 unspecified atom stereocenters. The molecule has 8 heteroatoms. The molecule has 2 rings (SSSR count). The summed E-state index contributed by atoms with van der Waals surface area (Å²) in [6.45, 7) is -1.64. The molecule has 0 bridgehead atoms. The number of methoxy groups -OCH3 is 1. The first-order chi connectivity index (χ1) is 9.39. The van der Waals surface area contributed by atoms with E-state index in [4.69, 9.17) is 43.7 Å². The lowest BCUT2D eigenvalue weighted by molar-refractivity contribution is 0.349. The first-order valence-corrected chi connectivity index (χ1v) is 8.96. The zero-order valence-electron chi connectivity index (χ0n) is 10.7. The summed E-state index contributed by atoms with van der Waals surface area (Å²) >= 11 is 18.0. The Kier molecular flexibility index (Phi) is 4.83. The lowest BCUT2D eigenvalue weighted by atomic mass is 10.2. The Bertz CT molecular complexity index is 708. The second-order valence-corrected chi connectivity index (χ2v) is 7.75. The van der Waals surface area contributed by atoms with E-state index in [1.807, 2.05) is 0 Å². The molecule has 0 amide bonds. The summed E-state index contributed by atoms with van der Waals surface area (Å²) in [4.78, 5) is 4.24. The van der Waals surface area contributed by atoms with Gasteiger partial charge in [0.05, 0.1) is 24.3 Å². The average molecular weight is 355 g/mol. The number of ether oxygens (including phenoxy) is 1. The molecule has 0 aliphatic carbocycles. The first-order valence-electron chi connectivity index (χ1n) is 5.67. The van der Waals surface area contributed by atoms with Gasteiger partial charge in [0.2, 0.25) is 5.88 Å². The van der Waals surface area contributed by atoms with Crippen LogP contribution in [0.5, 0.6) is 5.88 Å². The SMILES string of the molecule is CCOP(=O)(Cl)c1cc2c(Cl)cc(Cl)cc2nc1OC. The molecule has 0 fully saturated rings. The van der Waals surface area contributed by atoms with Gasteiger partial charge >= 0.3 is 6.72 Å². The number of halogens is 3. The molecule has 2 aromatic rings. The Hall–Kier alpha value is -0.510. The maximum atomic E-state index is 12.4. The van der Waals surface area contributed by atoms with Crippen molar-refractivity contribution in [2.24, 2.45) is 0 Å². The Morgan fingerprint density at radius 1 is 1.30 bits per heavy atom. The van der Waals surface area contributed by atoms with Gasteiger partial charge < -0.3 is 9.26 Å². The molecular weight excluding hydrogens is 343 g/mol. The molecule has 1 aromatic carbocycles. The van der Waals surface area contributed by atoms with Gasteiger partial charge in [-0.1, -0.05) is 23.2 Å². The number of hydrogen-bond acceptors (Lipinski definition) is 4. The minimum absolute atomic E-state index is 0.127. The Morgan fingerprint density at radius 2 is 2.00 bits per heavy atom. The van der Waals surface area contributed by atoms with Crippen molar-refractivity contribution in [1.29, 1.82) is 0 Å². The van der Waals surface area contributed by atoms with Gasteiger partial charge in [0, 0.05) is 10.4 Å². The number of pyridine rings is 1. The van der Waals surface area contributed by atoms with Gasteiger partial charge in [-0.2, -0.15) is 0 Å². The molecule has 4 nitrogen and oxygen atoms in total. The fraction of sp³-hybridized carbons (Fsp3) is 0.250. The molecule has 108 valence electrons. The van der Waals surface area contributed by atoms with Gasteiger partial charge in [-0.25, -0.2) is 4.98 Å². The van der Waals surface area contributed by atoms with Crippen LogP contribution in [0, 0.1) is 0 Å². The standard InChI is InChI=1S/C12H11Cl3NO3P/c1-3-19-20(15,17)11-6-8-9(14)4-7(13)5-10(8)16-12(11)18-2/h4-6H,3H2,1-2H3. The van der Waals surface area contributed by atoms with Crippen molar-refractivity contribution in [3.63, 3.8) is 0 Å². The quantitative estimate of drug-likeness (QED) is 0.750. The molecule has 0 radical (unpaired) electrons. The summed E-state index contributed by atoms with van der Waals surface area (Å²) in [5.74, 6) is 0.127. The molecule has 0 spiro atoms. The van der Waals surface area contributed by atoms with Crippen LogP contribution in [-0.4, -0.2) is 18.7 Å². The van der Waals surface area contributed by atoms with Crippen LogP contribution in [0.3, 0.4) is 0 Å². The van der Waals surface area contributed by atoms with Gasteiger partial charge in [-0.05, 0) is 36.4 Å². The maximum absolute atomic E-state index is 12.4. The van der Waals surface area contributed by atoms with E-state index >= 15 is 0 Å². The van der Waals surface area contributed by atoms with Crippen LogP contribution in [-0.2, 0) is 9.09 Å². The molecule has 0 aliphatic rings. The van der Waals surface area contributed by atoms with Gasteiger partial charge in [0.1, 0.15) is 5.30 Å². The zero-order valence-corrected chi connectivity index (χ0v) is 13.9. The van der Waals surface area contributed by atoms with Crippen molar-refractivity contribution in [2.75, 3.05) is 13.7 Å². The third-order valence-electron chi connectivity index (χ3n) is 2.57. The smallest absolute Gasteiger partial charge is 0.325 e. The fourth-order valence-corrected chi connectivity index (χ4v) is 4.07. The highest BCUT2D eigenvalue weighted by Crippen LogP contribution is 2.53. The zero-order chi connectivity index (χ0) is 14.9. The number of fused-ring (bicyclic) bond motifs is 1. The maximum Gasteiger partial charge on any atom is 0.325 e. The van der Waals surface area contributed by atoms with Gasteiger partial charge in [-0.3, -0.25) is 4.57 Å². The van der Waals surface area contributed by atoms with Crippen molar-refractivity contribution >= 4 is 57.4 Å². The van der Waals surface area contributed by atoms with Crippen LogP contribution in [0.1, 0.15) is 6.92 Å². The van der Waals surface area contributed by atoms with E-state index in [1.165, 1.54) is 7.11 Å². The van der Waals surface area contributed by atoms with E-state index in [0.29, 0.717) is 20.9 Å². The molecule has 0 saturated heterocycles. The van der Waals surface area contributed by atoms with E-state index in [9.17, 15) is 4.57 Å². The number of benzene rings is 1. The summed E-state index contributed by atoms with van der Waals surface area (Å²) in [5, 5.41) is 1.59. The second-order valence-electron chi connectivity index (χ2n) is 3.87. The number of aromatic nitrogens is 1. The second kappa shape index (κ2) is 6.08. The van der Waals surface area contributed by atoms with Crippen molar-refractivity contribution in [1.82, 2.24) is 4.98 Å². The molecule has 20 heavy (non-hydrogen) atoms. The van der Waals surface area contributed by atoms with E-state index < -0.39 is 6.72 Å². The van der Waals surface area contributed by atoms with E-state index in [-0.39, 0.29) is 17.8 Å². The topological polar surface area (TPSA) is 48.4 Å². The number of hydrogen-bond donors (Lipinski definition) is 0. The van der Waals surface area contributed by atoms with Crippen molar-refractivity contribution in [3.05, 3.63) is 28.2 Å². The summed E-state index contributed by atoms with van der Waals surface area (Å²) < 4.78 is 22.6. The summed E-state index contributed by atoms with van der Waals surface area (Å²) in [5.41, 5.74) is 0.524. The monoisotopic (exact) mass is 353 g/mol. The first kappa shape index (κ1) is 15.9. The molecular formula is C12H11Cl3NO3P. The minimum Gasteiger partial charge on any atom is -0.480 e. The highest BCUT2D eigenvalue weighted by Gasteiger charge is 2.28. The highest BCUT2D eigenvalue weighted by molar-refractivity contribution is 7.91. The minimum atomic E-state index is -3.54. The molecule has 0 N–H and O–H groups in total. The third kappa shape index (κ3) is 3.05. The third-order valence-corrected chi connectivity index (χ3v) is 5.43. The van der Waals surface area contributed by atoms with Crippen molar-refractivity contribution in [2.45, 2.75) is 6.92 Å². The predicted octanol–water partition coefficient (Wildman–Crippen LogP) is 4.64. The van der Waals surface area contributed by atoms with Gasteiger partial charge in [0.25, 0.3) is 0 Å². The fourth-order valence-electron chi connectivity index (χ4n) is 1.75. The average Bonchev–Trinajstić information content (AvgIpc) is 2.36. The van der Waals surface area contributed by atoms with Crippen LogP contribution < -0.4 is 10.0 Å². The molecule has 1 atom stereocenters. The van der Waals surface area contributed by atoms with Crippen LogP contribution >= 0.6 is 41.2 Å². The summed E-state index contributed by atoms with van der Waals surface area (Å²) in [7, 11) is 1.41. The summed E-state index contributed by atoms with van der Waals surface area (Å²) in [6, 6.07) is 4.77. The number of nitrogens with zero attached hydrogens (tertiary/aromatic N) is 1. The van der Waals surface area contributed by atoms with Crippen LogP contribution in [0.4, 0.5) is 0 Å².